The minimum Gasteiger partial charge on any atom is -0.759 e. The molecule has 0 saturated heterocycles. The topological polar surface area (TPSA) is 465 Å². The zero-order valence-corrected chi connectivity index (χ0v) is 18.6. The fourth-order valence-corrected chi connectivity index (χ4v) is 0. The van der Waals surface area contributed by atoms with Gasteiger partial charge in [-0.15, -0.1) is 29.4 Å². The molecule has 0 aliphatic carbocycles. The van der Waals surface area contributed by atoms with Gasteiger partial charge in [-0.25, -0.2) is 0 Å². The van der Waals surface area contributed by atoms with Crippen LogP contribution in [0.15, 0.2) is 0 Å². The summed E-state index contributed by atoms with van der Waals surface area (Å²) in [5.74, 6) is 0. The third kappa shape index (κ3) is 1930. The standard InChI is InChI=1S/BrH.ClH.2H3N.2Na.H2O4S.10H2O/c;;;;;;1-5(2,3)4;;;;;;;;;;/h2*1H;2*1H3;;;(H2,1,2,3,4);10*1H2/q;;;;2*+1;;;;;;;;;;;/p-2. The Balaban J connectivity index is -0.000000000667. The van der Waals surface area contributed by atoms with Gasteiger partial charge in [-0.3, -0.25) is 8.42 Å². The van der Waals surface area contributed by atoms with Gasteiger partial charge in [-0.05, 0) is 0 Å². The van der Waals surface area contributed by atoms with E-state index in [1.807, 2.05) is 0 Å². The van der Waals surface area contributed by atoms with Gasteiger partial charge in [0.25, 0.3) is 0 Å². The SMILES string of the molecule is Br.Cl.N.N.O.O.O.O.O.O.O.O.O.O.O=S(=O)([O-])[O-].[Na+].[Na+]. The van der Waals surface area contributed by atoms with E-state index in [0.717, 1.165) is 0 Å². The number of hydrogen-bond donors (Lipinski definition) is 2. The van der Waals surface area contributed by atoms with Crippen LogP contribution in [0.3, 0.4) is 0 Å². The second-order valence-corrected chi connectivity index (χ2v) is 1.22. The zero-order chi connectivity index (χ0) is 4.50. The first-order valence-corrected chi connectivity index (χ1v) is 2.00. The van der Waals surface area contributed by atoms with Crippen LogP contribution >= 0.6 is 29.4 Å². The Kier molecular flexibility index (Phi) is 2130. The van der Waals surface area contributed by atoms with E-state index in [4.69, 9.17) is 17.5 Å². The first-order valence-electron chi connectivity index (χ1n) is 0.667. The summed E-state index contributed by atoms with van der Waals surface area (Å²) in [5.41, 5.74) is 0. The molecule has 0 aromatic carbocycles. The van der Waals surface area contributed by atoms with Crippen molar-refractivity contribution < 1.29 is 131 Å². The van der Waals surface area contributed by atoms with Crippen LogP contribution in [0.4, 0.5) is 0 Å². The van der Waals surface area contributed by atoms with Crippen LogP contribution in [0.25, 0.3) is 0 Å². The Morgan fingerprint density at radius 2 is 0.524 bits per heavy atom. The molecule has 21 heteroatoms. The van der Waals surface area contributed by atoms with Gasteiger partial charge in [-0.1, -0.05) is 0 Å². The molecule has 0 aliphatic heterocycles. The first kappa shape index (κ1) is 300. The summed E-state index contributed by atoms with van der Waals surface area (Å²) in [6, 6.07) is 0. The first-order chi connectivity index (χ1) is 2.00. The Morgan fingerprint density at radius 3 is 0.524 bits per heavy atom. The van der Waals surface area contributed by atoms with Crippen molar-refractivity contribution in [3.8, 4) is 0 Å². The molecule has 0 aromatic heterocycles. The molecule has 0 unspecified atom stereocenters. The molecule has 0 aromatic rings. The molecule has 0 bridgehead atoms. The maximum atomic E-state index is 8.52. The average Bonchev–Trinajstić information content (AvgIpc) is 0.722. The molecule has 26 N–H and O–H groups in total. The molecule has 144 valence electrons. The van der Waals surface area contributed by atoms with E-state index in [9.17, 15) is 0 Å². The predicted molar refractivity (Wildman–Crippen MR) is 74.2 cm³/mol. The fourth-order valence-electron chi connectivity index (χ4n) is 0. The smallest absolute Gasteiger partial charge is 0.759 e. The van der Waals surface area contributed by atoms with Crippen molar-refractivity contribution >= 4 is 39.8 Å². The maximum Gasteiger partial charge on any atom is 1.00 e. The molecule has 0 radical (unpaired) electrons. The van der Waals surface area contributed by atoms with Crippen molar-refractivity contribution in [3.05, 3.63) is 0 Å². The van der Waals surface area contributed by atoms with Crippen molar-refractivity contribution in [2.24, 2.45) is 0 Å². The van der Waals surface area contributed by atoms with Crippen molar-refractivity contribution in [2.75, 3.05) is 0 Å². The number of rotatable bonds is 0. The Hall–Kier alpha value is 2.16. The summed E-state index contributed by atoms with van der Waals surface area (Å²) in [5, 5.41) is 0. The predicted octanol–water partition coefficient (Wildman–Crippen LogP) is -14.3. The normalized spacial score (nSPS) is 2.76. The average molecular weight is 474 g/mol. The van der Waals surface area contributed by atoms with E-state index in [-0.39, 0.29) is 156 Å². The van der Waals surface area contributed by atoms with Crippen LogP contribution in [-0.2, 0) is 10.4 Å². The zero-order valence-electron chi connectivity index (χ0n) is 11.3. The van der Waals surface area contributed by atoms with E-state index in [0.29, 0.717) is 0 Å². The molecule has 21 heavy (non-hydrogen) atoms. The van der Waals surface area contributed by atoms with E-state index < -0.39 is 10.4 Å². The summed E-state index contributed by atoms with van der Waals surface area (Å²) in [7, 11) is -5.17. The fraction of sp³-hybridized carbons (Fsp3) is 0. The van der Waals surface area contributed by atoms with Gasteiger partial charge in [0.15, 0.2) is 0 Å². The van der Waals surface area contributed by atoms with Crippen LogP contribution in [0, 0.1) is 0 Å². The summed E-state index contributed by atoms with van der Waals surface area (Å²) >= 11 is 0. The molecule has 0 saturated carbocycles. The minimum atomic E-state index is -5.17. The maximum absolute atomic E-state index is 8.52. The molecular weight excluding hydrogens is 445 g/mol. The van der Waals surface area contributed by atoms with E-state index >= 15 is 0 Å². The number of hydrogen-bond acceptors (Lipinski definition) is 6. The number of halogens is 2. The molecular formula is H28BrClN2Na2O14S. The van der Waals surface area contributed by atoms with Crippen LogP contribution in [0.2, 0.25) is 0 Å². The van der Waals surface area contributed by atoms with Gasteiger partial charge in [0.05, 0.1) is 0 Å². The quantitative estimate of drug-likeness (QED) is 0.195. The molecule has 0 aliphatic rings. The largest absolute Gasteiger partial charge is 1.00 e. The molecule has 0 fully saturated rings. The summed E-state index contributed by atoms with van der Waals surface area (Å²) in [4.78, 5) is 0. The molecule has 16 nitrogen and oxygen atoms in total. The summed E-state index contributed by atoms with van der Waals surface area (Å²) < 4.78 is 34.1. The van der Waals surface area contributed by atoms with Gasteiger partial charge in [-0.2, -0.15) is 0 Å². The Morgan fingerprint density at radius 1 is 0.524 bits per heavy atom. The van der Waals surface area contributed by atoms with E-state index in [1.165, 1.54) is 0 Å². The van der Waals surface area contributed by atoms with Crippen LogP contribution in [0.1, 0.15) is 0 Å². The van der Waals surface area contributed by atoms with Gasteiger partial charge < -0.3 is 76.2 Å². The monoisotopic (exact) mass is 472 g/mol. The Labute approximate surface area is 182 Å². The van der Waals surface area contributed by atoms with Crippen LogP contribution in [-0.4, -0.2) is 72.3 Å². The minimum absolute atomic E-state index is 0. The van der Waals surface area contributed by atoms with Crippen molar-refractivity contribution in [3.63, 3.8) is 0 Å². The molecule has 0 amide bonds. The molecule has 0 rings (SSSR count). The van der Waals surface area contributed by atoms with Gasteiger partial charge in [0, 0.05) is 10.4 Å². The van der Waals surface area contributed by atoms with E-state index in [2.05, 4.69) is 0 Å². The molecule has 0 atom stereocenters. The molecule has 0 heterocycles. The van der Waals surface area contributed by atoms with Gasteiger partial charge in [0.1, 0.15) is 0 Å². The van der Waals surface area contributed by atoms with Crippen LogP contribution < -0.4 is 71.4 Å². The van der Waals surface area contributed by atoms with Crippen molar-refractivity contribution in [1.29, 1.82) is 0 Å². The van der Waals surface area contributed by atoms with Crippen molar-refractivity contribution in [2.45, 2.75) is 0 Å². The molecule has 0 spiro atoms. The third-order valence-corrected chi connectivity index (χ3v) is 0. The Bertz CT molecular complexity index is 118. The second-order valence-electron chi connectivity index (χ2n) is 0.408. The van der Waals surface area contributed by atoms with Gasteiger partial charge >= 0.3 is 59.1 Å². The summed E-state index contributed by atoms with van der Waals surface area (Å²) in [6.45, 7) is 0. The summed E-state index contributed by atoms with van der Waals surface area (Å²) in [6.07, 6.45) is 0. The van der Waals surface area contributed by atoms with Crippen LogP contribution in [0.5, 0.6) is 0 Å². The third-order valence-electron chi connectivity index (χ3n) is 0. The van der Waals surface area contributed by atoms with Crippen molar-refractivity contribution in [1.82, 2.24) is 12.3 Å². The van der Waals surface area contributed by atoms with Gasteiger partial charge in [0.2, 0.25) is 0 Å². The van der Waals surface area contributed by atoms with E-state index in [1.54, 1.807) is 0 Å². The second kappa shape index (κ2) is 149.